The molecule has 0 aliphatic rings. The third kappa shape index (κ3) is 2.03. The number of alkyl halides is 5. The van der Waals surface area contributed by atoms with Crippen molar-refractivity contribution in [3.05, 3.63) is 0 Å². The smallest absolute Gasteiger partial charge is 0.233 e. The summed E-state index contributed by atoms with van der Waals surface area (Å²) in [6, 6.07) is 0. The molecule has 0 fully saturated rings. The molecule has 0 unspecified atom stereocenters. The normalized spacial score (nSPS) is 13.8. The zero-order valence-electron chi connectivity index (χ0n) is 5.48. The highest BCUT2D eigenvalue weighted by molar-refractivity contribution is 7.89. The van der Waals surface area contributed by atoms with Crippen LogP contribution in [0, 0.1) is 0 Å². The van der Waals surface area contributed by atoms with Crippen molar-refractivity contribution in [3.63, 3.8) is 0 Å². The molecule has 0 aromatic heterocycles. The lowest BCUT2D eigenvalue weighted by atomic mass is 11.2. The van der Waals surface area contributed by atoms with Gasteiger partial charge in [-0.2, -0.15) is 13.2 Å². The highest BCUT2D eigenvalue weighted by atomic mass is 32.2. The number of halogens is 5. The molecule has 0 aromatic rings. The molecule has 9 heteroatoms. The highest BCUT2D eigenvalue weighted by Gasteiger charge is 2.50. The van der Waals surface area contributed by atoms with Crippen LogP contribution in [0.15, 0.2) is 0 Å². The average Bonchev–Trinajstić information content (AvgIpc) is 1.87. The molecule has 0 aromatic carbocycles. The first kappa shape index (κ1) is 11.6. The van der Waals surface area contributed by atoms with Crippen molar-refractivity contribution >= 4 is 10.0 Å². The van der Waals surface area contributed by atoms with Crippen LogP contribution in [-0.4, -0.2) is 31.8 Å². The van der Waals surface area contributed by atoms with Crippen LogP contribution in [0.1, 0.15) is 0 Å². The standard InChI is InChI=1S/C3H4F5NO2S/c4-1-9(2-5)12(10,11)3(6,7)8/h1-2H2. The summed E-state index contributed by atoms with van der Waals surface area (Å²) >= 11 is 0. The molecule has 0 atom stereocenters. The van der Waals surface area contributed by atoms with Crippen molar-refractivity contribution < 1.29 is 30.4 Å². The molecule has 0 N–H and O–H groups in total. The first-order valence-corrected chi connectivity index (χ1v) is 3.89. The largest absolute Gasteiger partial charge is 0.511 e. The van der Waals surface area contributed by atoms with E-state index in [1.807, 2.05) is 0 Å². The quantitative estimate of drug-likeness (QED) is 0.518. The van der Waals surface area contributed by atoms with Crippen molar-refractivity contribution in [1.82, 2.24) is 4.31 Å². The van der Waals surface area contributed by atoms with E-state index in [4.69, 9.17) is 0 Å². The molecule has 0 heterocycles. The predicted octanol–water partition coefficient (Wildman–Crippen LogP) is 0.992. The lowest BCUT2D eigenvalue weighted by Crippen LogP contribution is -2.39. The van der Waals surface area contributed by atoms with E-state index in [0.717, 1.165) is 0 Å². The van der Waals surface area contributed by atoms with Gasteiger partial charge in [-0.05, 0) is 0 Å². The molecule has 0 aliphatic heterocycles. The Morgan fingerprint density at radius 3 is 1.50 bits per heavy atom. The van der Waals surface area contributed by atoms with E-state index in [2.05, 4.69) is 0 Å². The topological polar surface area (TPSA) is 37.4 Å². The summed E-state index contributed by atoms with van der Waals surface area (Å²) in [7, 11) is -5.86. The van der Waals surface area contributed by atoms with E-state index in [9.17, 15) is 30.4 Å². The van der Waals surface area contributed by atoms with Gasteiger partial charge in [0.15, 0.2) is 13.6 Å². The average molecular weight is 213 g/mol. The van der Waals surface area contributed by atoms with Gasteiger partial charge in [-0.1, -0.05) is 0 Å². The lowest BCUT2D eigenvalue weighted by molar-refractivity contribution is -0.0512. The van der Waals surface area contributed by atoms with Gasteiger partial charge in [0.2, 0.25) is 0 Å². The van der Waals surface area contributed by atoms with Crippen molar-refractivity contribution in [2.75, 3.05) is 13.6 Å². The van der Waals surface area contributed by atoms with Crippen LogP contribution in [0.3, 0.4) is 0 Å². The Balaban J connectivity index is 4.85. The Labute approximate surface area is 64.8 Å². The number of hydrogen-bond donors (Lipinski definition) is 0. The Morgan fingerprint density at radius 2 is 1.42 bits per heavy atom. The van der Waals surface area contributed by atoms with E-state index in [-0.39, 0.29) is 0 Å². The second kappa shape index (κ2) is 3.52. The van der Waals surface area contributed by atoms with Crippen molar-refractivity contribution in [3.8, 4) is 0 Å². The highest BCUT2D eigenvalue weighted by Crippen LogP contribution is 2.26. The Bertz CT molecular complexity index is 230. The summed E-state index contributed by atoms with van der Waals surface area (Å²) in [5, 5.41) is 0. The Morgan fingerprint density at radius 1 is 1.08 bits per heavy atom. The fourth-order valence-corrected chi connectivity index (χ4v) is 0.857. The maximum absolute atomic E-state index is 11.5. The first-order valence-electron chi connectivity index (χ1n) is 2.45. The number of rotatable bonds is 3. The molecule has 0 radical (unpaired) electrons. The van der Waals surface area contributed by atoms with Gasteiger partial charge >= 0.3 is 15.5 Å². The van der Waals surface area contributed by atoms with Crippen molar-refractivity contribution in [1.29, 1.82) is 0 Å². The zero-order chi connectivity index (χ0) is 9.99. The van der Waals surface area contributed by atoms with E-state index in [1.165, 1.54) is 0 Å². The van der Waals surface area contributed by atoms with Crippen LogP contribution < -0.4 is 0 Å². The van der Waals surface area contributed by atoms with Gasteiger partial charge in [0, 0.05) is 0 Å². The second-order valence-corrected chi connectivity index (χ2v) is 3.57. The molecule has 0 saturated carbocycles. The van der Waals surface area contributed by atoms with Crippen LogP contribution in [0.2, 0.25) is 0 Å². The molecule has 0 aliphatic carbocycles. The van der Waals surface area contributed by atoms with E-state index in [1.54, 1.807) is 0 Å². The van der Waals surface area contributed by atoms with Gasteiger partial charge in [0.1, 0.15) is 0 Å². The summed E-state index contributed by atoms with van der Waals surface area (Å²) in [4.78, 5) is 0. The Kier molecular flexibility index (Phi) is 3.39. The van der Waals surface area contributed by atoms with Crippen LogP contribution in [0.25, 0.3) is 0 Å². The fourth-order valence-electron chi connectivity index (χ4n) is 0.307. The summed E-state index contributed by atoms with van der Waals surface area (Å²) in [6.07, 6.45) is 0. The minimum absolute atomic E-state index is 0.965. The molecule has 74 valence electrons. The second-order valence-electron chi connectivity index (χ2n) is 1.64. The van der Waals surface area contributed by atoms with Gasteiger partial charge < -0.3 is 0 Å². The zero-order valence-corrected chi connectivity index (χ0v) is 6.29. The van der Waals surface area contributed by atoms with Crippen LogP contribution >= 0.6 is 0 Å². The van der Waals surface area contributed by atoms with Crippen molar-refractivity contribution in [2.24, 2.45) is 0 Å². The summed E-state index contributed by atoms with van der Waals surface area (Å²) in [5.41, 5.74) is -5.66. The fraction of sp³-hybridized carbons (Fsp3) is 1.00. The Hall–Kier alpha value is -0.440. The molecule has 0 spiro atoms. The van der Waals surface area contributed by atoms with E-state index in [0.29, 0.717) is 0 Å². The summed E-state index contributed by atoms with van der Waals surface area (Å²) < 4.78 is 76.8. The van der Waals surface area contributed by atoms with Gasteiger partial charge in [0.25, 0.3) is 0 Å². The molecule has 0 saturated heterocycles. The first-order chi connectivity index (χ1) is 5.27. The molecule has 3 nitrogen and oxygen atoms in total. The number of nitrogens with zero attached hydrogens (tertiary/aromatic N) is 1. The van der Waals surface area contributed by atoms with Crippen LogP contribution in [-0.2, 0) is 10.0 Å². The minimum atomic E-state index is -5.86. The monoisotopic (exact) mass is 213 g/mol. The van der Waals surface area contributed by atoms with Crippen LogP contribution in [0.5, 0.6) is 0 Å². The van der Waals surface area contributed by atoms with Gasteiger partial charge in [-0.15, -0.1) is 4.31 Å². The number of sulfonamides is 1. The van der Waals surface area contributed by atoms with Gasteiger partial charge in [-0.25, -0.2) is 17.2 Å². The minimum Gasteiger partial charge on any atom is -0.233 e. The maximum atomic E-state index is 11.5. The molecule has 0 amide bonds. The summed E-state index contributed by atoms with van der Waals surface area (Å²) in [6.45, 7) is -4.09. The number of hydrogen-bond acceptors (Lipinski definition) is 2. The van der Waals surface area contributed by atoms with Gasteiger partial charge in [0.05, 0.1) is 0 Å². The third-order valence-electron chi connectivity index (χ3n) is 0.899. The molecule has 12 heavy (non-hydrogen) atoms. The molecule has 0 bridgehead atoms. The van der Waals surface area contributed by atoms with E-state index < -0.39 is 33.4 Å². The summed E-state index contributed by atoms with van der Waals surface area (Å²) in [5.74, 6) is 0. The molecular weight excluding hydrogens is 209 g/mol. The van der Waals surface area contributed by atoms with Crippen LogP contribution in [0.4, 0.5) is 22.0 Å². The van der Waals surface area contributed by atoms with Gasteiger partial charge in [-0.3, -0.25) is 0 Å². The maximum Gasteiger partial charge on any atom is 0.511 e. The third-order valence-corrected chi connectivity index (χ3v) is 2.36. The predicted molar refractivity (Wildman–Crippen MR) is 28.8 cm³/mol. The molecular formula is C3H4F5NO2S. The lowest BCUT2D eigenvalue weighted by Gasteiger charge is -2.15. The van der Waals surface area contributed by atoms with Crippen molar-refractivity contribution in [2.45, 2.75) is 5.51 Å². The SMILES string of the molecule is O=S(=O)(N(CF)CF)C(F)(F)F. The van der Waals surface area contributed by atoms with E-state index >= 15 is 0 Å². The molecule has 0 rings (SSSR count).